The zero-order valence-corrected chi connectivity index (χ0v) is 12.6. The minimum atomic E-state index is -3.16. The molecule has 1 aliphatic heterocycles. The number of nitrogens with two attached hydrogens (primary N) is 1. The molecule has 1 aromatic heterocycles. The highest BCUT2D eigenvalue weighted by molar-refractivity contribution is 7.89. The van der Waals surface area contributed by atoms with Crippen molar-refractivity contribution in [3.8, 4) is 0 Å². The van der Waals surface area contributed by atoms with Crippen molar-refractivity contribution in [3.05, 3.63) is 30.1 Å². The highest BCUT2D eigenvalue weighted by Crippen LogP contribution is 2.21. The molecule has 0 saturated carbocycles. The molecule has 5 nitrogen and oxygen atoms in total. The minimum absolute atomic E-state index is 0.173. The number of aromatic nitrogens is 1. The predicted molar refractivity (Wildman–Crippen MR) is 79.7 cm³/mol. The number of rotatable bonds is 6. The highest BCUT2D eigenvalue weighted by atomic mass is 32.2. The van der Waals surface area contributed by atoms with Crippen LogP contribution >= 0.6 is 0 Å². The van der Waals surface area contributed by atoms with Crippen molar-refractivity contribution in [3.63, 3.8) is 0 Å². The Bertz CT molecular complexity index is 502. The minimum Gasteiger partial charge on any atom is -0.330 e. The Balaban J connectivity index is 1.92. The van der Waals surface area contributed by atoms with E-state index in [2.05, 4.69) is 4.98 Å². The Hall–Kier alpha value is -0.980. The van der Waals surface area contributed by atoms with E-state index in [1.54, 1.807) is 16.7 Å². The van der Waals surface area contributed by atoms with E-state index in [0.717, 1.165) is 24.8 Å². The Morgan fingerprint density at radius 3 is 2.80 bits per heavy atom. The summed E-state index contributed by atoms with van der Waals surface area (Å²) in [6, 6.07) is 3.73. The monoisotopic (exact) mass is 297 g/mol. The third kappa shape index (κ3) is 4.26. The largest absolute Gasteiger partial charge is 0.330 e. The van der Waals surface area contributed by atoms with Gasteiger partial charge in [-0.25, -0.2) is 12.7 Å². The normalized spacial score (nSPS) is 20.9. The van der Waals surface area contributed by atoms with Crippen molar-refractivity contribution in [1.29, 1.82) is 0 Å². The summed E-state index contributed by atoms with van der Waals surface area (Å²) in [4.78, 5) is 3.94. The average molecular weight is 297 g/mol. The maximum atomic E-state index is 12.4. The number of pyridine rings is 1. The first-order valence-electron chi connectivity index (χ1n) is 7.18. The molecule has 2 N–H and O–H groups in total. The van der Waals surface area contributed by atoms with Gasteiger partial charge in [-0.3, -0.25) is 4.98 Å². The lowest BCUT2D eigenvalue weighted by atomic mass is 9.96. The number of sulfonamides is 1. The number of nitrogens with zero attached hydrogens (tertiary/aromatic N) is 2. The highest BCUT2D eigenvalue weighted by Gasteiger charge is 2.28. The molecule has 0 amide bonds. The van der Waals surface area contributed by atoms with Gasteiger partial charge in [-0.15, -0.1) is 0 Å². The summed E-state index contributed by atoms with van der Waals surface area (Å²) in [7, 11) is -3.16. The fraction of sp³-hybridized carbons (Fsp3) is 0.643. The number of hydrogen-bond acceptors (Lipinski definition) is 4. The molecule has 1 unspecified atom stereocenters. The van der Waals surface area contributed by atoms with Gasteiger partial charge in [-0.05, 0) is 55.8 Å². The fourth-order valence-electron chi connectivity index (χ4n) is 2.68. The zero-order valence-electron chi connectivity index (χ0n) is 11.7. The molecular formula is C14H23N3O2S. The second-order valence-corrected chi connectivity index (χ2v) is 7.45. The lowest BCUT2D eigenvalue weighted by molar-refractivity contribution is 0.258. The molecule has 0 aliphatic carbocycles. The van der Waals surface area contributed by atoms with Gasteiger partial charge >= 0.3 is 0 Å². The SMILES string of the molecule is NCCC1CCCN(S(=O)(=O)CCc2ccncc2)C1. The molecule has 0 spiro atoms. The molecule has 6 heteroatoms. The number of hydrogen-bond donors (Lipinski definition) is 1. The Labute approximate surface area is 121 Å². The molecule has 0 bridgehead atoms. The van der Waals surface area contributed by atoms with Gasteiger partial charge in [0.2, 0.25) is 10.0 Å². The van der Waals surface area contributed by atoms with E-state index >= 15 is 0 Å². The van der Waals surface area contributed by atoms with Crippen LogP contribution in [0, 0.1) is 5.92 Å². The van der Waals surface area contributed by atoms with Crippen LogP contribution in [0.5, 0.6) is 0 Å². The first-order chi connectivity index (χ1) is 9.62. The second-order valence-electron chi connectivity index (χ2n) is 5.37. The molecule has 1 saturated heterocycles. The Morgan fingerprint density at radius 1 is 1.35 bits per heavy atom. The van der Waals surface area contributed by atoms with E-state index in [1.807, 2.05) is 12.1 Å². The van der Waals surface area contributed by atoms with Crippen molar-refractivity contribution < 1.29 is 8.42 Å². The molecule has 20 heavy (non-hydrogen) atoms. The molecule has 2 heterocycles. The average Bonchev–Trinajstić information content (AvgIpc) is 2.47. The molecule has 1 atom stereocenters. The van der Waals surface area contributed by atoms with E-state index in [9.17, 15) is 8.42 Å². The van der Waals surface area contributed by atoms with E-state index in [4.69, 9.17) is 5.73 Å². The fourth-order valence-corrected chi connectivity index (χ4v) is 4.27. The van der Waals surface area contributed by atoms with Gasteiger partial charge in [-0.2, -0.15) is 0 Å². The molecule has 112 valence electrons. The van der Waals surface area contributed by atoms with Crippen molar-refractivity contribution in [2.45, 2.75) is 25.7 Å². The van der Waals surface area contributed by atoms with E-state index < -0.39 is 10.0 Å². The van der Waals surface area contributed by atoms with Crippen LogP contribution in [-0.4, -0.2) is 43.1 Å². The number of piperidine rings is 1. The predicted octanol–water partition coefficient (Wildman–Crippen LogP) is 1.01. The van der Waals surface area contributed by atoms with Crippen LogP contribution in [0.1, 0.15) is 24.8 Å². The Kier molecular flexibility index (Phi) is 5.51. The van der Waals surface area contributed by atoms with Crippen molar-refractivity contribution in [2.24, 2.45) is 11.7 Å². The third-order valence-corrected chi connectivity index (χ3v) is 5.69. The summed E-state index contributed by atoms with van der Waals surface area (Å²) >= 11 is 0. The van der Waals surface area contributed by atoms with Crippen LogP contribution < -0.4 is 5.73 Å². The van der Waals surface area contributed by atoms with Crippen LogP contribution in [0.3, 0.4) is 0 Å². The maximum absolute atomic E-state index is 12.4. The smallest absolute Gasteiger partial charge is 0.214 e. The maximum Gasteiger partial charge on any atom is 0.214 e. The Morgan fingerprint density at radius 2 is 2.10 bits per heavy atom. The van der Waals surface area contributed by atoms with Crippen molar-refractivity contribution >= 4 is 10.0 Å². The lowest BCUT2D eigenvalue weighted by Gasteiger charge is -2.31. The van der Waals surface area contributed by atoms with Crippen LogP contribution in [-0.2, 0) is 16.4 Å². The van der Waals surface area contributed by atoms with Gasteiger partial charge in [0.25, 0.3) is 0 Å². The summed E-state index contributed by atoms with van der Waals surface area (Å²) in [6.45, 7) is 1.92. The topological polar surface area (TPSA) is 76.3 Å². The molecule has 0 radical (unpaired) electrons. The first kappa shape index (κ1) is 15.4. The van der Waals surface area contributed by atoms with Gasteiger partial charge in [0.15, 0.2) is 0 Å². The van der Waals surface area contributed by atoms with E-state index in [1.165, 1.54) is 0 Å². The number of aryl methyl sites for hydroxylation is 1. The summed E-state index contributed by atoms with van der Waals surface area (Å²) < 4.78 is 26.4. The molecule has 0 aromatic carbocycles. The summed E-state index contributed by atoms with van der Waals surface area (Å²) in [6.07, 6.45) is 6.88. The van der Waals surface area contributed by atoms with Gasteiger partial charge < -0.3 is 5.73 Å². The molecule has 1 fully saturated rings. The zero-order chi connectivity index (χ0) is 14.4. The van der Waals surface area contributed by atoms with E-state index in [-0.39, 0.29) is 5.75 Å². The lowest BCUT2D eigenvalue weighted by Crippen LogP contribution is -2.41. The van der Waals surface area contributed by atoms with Crippen LogP contribution in [0.4, 0.5) is 0 Å². The third-order valence-electron chi connectivity index (χ3n) is 3.85. The molecule has 2 rings (SSSR count). The molecule has 1 aromatic rings. The standard InChI is InChI=1S/C14H23N3O2S/c15-7-3-14-2-1-10-17(12-14)20(18,19)11-6-13-4-8-16-9-5-13/h4-5,8-9,14H,1-3,6-7,10-12,15H2. The van der Waals surface area contributed by atoms with Crippen LogP contribution in [0.25, 0.3) is 0 Å². The van der Waals surface area contributed by atoms with Crippen molar-refractivity contribution in [2.75, 3.05) is 25.4 Å². The first-order valence-corrected chi connectivity index (χ1v) is 8.79. The molecular weight excluding hydrogens is 274 g/mol. The summed E-state index contributed by atoms with van der Waals surface area (Å²) in [5.74, 6) is 0.594. The summed E-state index contributed by atoms with van der Waals surface area (Å²) in [5.41, 5.74) is 6.59. The second kappa shape index (κ2) is 7.15. The van der Waals surface area contributed by atoms with Gasteiger partial charge in [0.1, 0.15) is 0 Å². The van der Waals surface area contributed by atoms with Crippen LogP contribution in [0.2, 0.25) is 0 Å². The molecule has 1 aliphatic rings. The van der Waals surface area contributed by atoms with Crippen molar-refractivity contribution in [1.82, 2.24) is 9.29 Å². The van der Waals surface area contributed by atoms with Gasteiger partial charge in [-0.1, -0.05) is 0 Å². The van der Waals surface area contributed by atoms with Crippen LogP contribution in [0.15, 0.2) is 24.5 Å². The quantitative estimate of drug-likeness (QED) is 0.850. The van der Waals surface area contributed by atoms with E-state index in [0.29, 0.717) is 32.0 Å². The van der Waals surface area contributed by atoms with Gasteiger partial charge in [0, 0.05) is 25.5 Å². The summed E-state index contributed by atoms with van der Waals surface area (Å²) in [5, 5.41) is 0. The van der Waals surface area contributed by atoms with Gasteiger partial charge in [0.05, 0.1) is 5.75 Å².